The van der Waals surface area contributed by atoms with Crippen LogP contribution in [0, 0.1) is 5.92 Å². The molecule has 3 N–H and O–H groups in total. The van der Waals surface area contributed by atoms with Crippen LogP contribution in [0.15, 0.2) is 91.6 Å². The Bertz CT molecular complexity index is 1630. The van der Waals surface area contributed by atoms with E-state index < -0.39 is 0 Å². The molecular weight excluding hydrogens is 444 g/mol. The predicted molar refractivity (Wildman–Crippen MR) is 148 cm³/mol. The molecule has 4 aromatic rings. The fraction of sp³-hybridized carbons (Fsp3) is 0.167. The first-order valence-electron chi connectivity index (χ1n) is 12.3. The minimum absolute atomic E-state index is 0.577. The first kappa shape index (κ1) is 22.0. The molecule has 0 saturated heterocycles. The molecule has 2 aliphatic rings. The van der Waals surface area contributed by atoms with Crippen molar-refractivity contribution in [3.8, 4) is 11.5 Å². The molecular formula is C30H28N6. The fourth-order valence-corrected chi connectivity index (χ4v) is 4.65. The van der Waals surface area contributed by atoms with Gasteiger partial charge in [0.05, 0.1) is 22.7 Å². The van der Waals surface area contributed by atoms with Crippen LogP contribution < -0.4 is 5.32 Å². The zero-order valence-electron chi connectivity index (χ0n) is 20.3. The standard InChI is InChI=1S/C30H28N6/c1-4-19(14-23(5-2)32-18(3)20-10-11-20)22-12-13-26-24(15-22)29(36-35-26)30-33-27-17-31-16-25(28(27)34-30)21-8-6-7-9-21/h4-6,8-9,12-17,20,32H,2-3,7,10-11H2,1H3,(H,33,34)(H,35,36)/b19-4+,23-14+. The highest BCUT2D eigenvalue weighted by molar-refractivity contribution is 5.98. The molecule has 0 bridgehead atoms. The van der Waals surface area contributed by atoms with Crippen LogP contribution in [0.3, 0.4) is 0 Å². The number of allylic oxidation sites excluding steroid dienone is 9. The first-order chi connectivity index (χ1) is 17.6. The second-order valence-electron chi connectivity index (χ2n) is 9.27. The lowest BCUT2D eigenvalue weighted by molar-refractivity contribution is 0.865. The van der Waals surface area contributed by atoms with Gasteiger partial charge in [-0.1, -0.05) is 43.5 Å². The Hall–Kier alpha value is -4.45. The Morgan fingerprint density at radius 2 is 2.08 bits per heavy atom. The van der Waals surface area contributed by atoms with Gasteiger partial charge in [0.2, 0.25) is 0 Å². The van der Waals surface area contributed by atoms with Gasteiger partial charge >= 0.3 is 0 Å². The first-order valence-corrected chi connectivity index (χ1v) is 12.3. The number of hydrogen-bond donors (Lipinski definition) is 3. The molecule has 2 aliphatic carbocycles. The number of fused-ring (bicyclic) bond motifs is 2. The molecule has 1 fully saturated rings. The zero-order valence-corrected chi connectivity index (χ0v) is 20.3. The largest absolute Gasteiger partial charge is 0.359 e. The molecule has 0 amide bonds. The van der Waals surface area contributed by atoms with Gasteiger partial charge in [-0.2, -0.15) is 5.10 Å². The summed E-state index contributed by atoms with van der Waals surface area (Å²) in [6.07, 6.45) is 19.6. The lowest BCUT2D eigenvalue weighted by Gasteiger charge is -2.11. The lowest BCUT2D eigenvalue weighted by atomic mass is 10.0. The number of nitrogens with zero attached hydrogens (tertiary/aromatic N) is 3. The van der Waals surface area contributed by atoms with E-state index in [1.54, 1.807) is 0 Å². The van der Waals surface area contributed by atoms with Gasteiger partial charge in [0.15, 0.2) is 5.82 Å². The van der Waals surface area contributed by atoms with Crippen molar-refractivity contribution in [3.63, 3.8) is 0 Å². The van der Waals surface area contributed by atoms with Crippen LogP contribution in [0.5, 0.6) is 0 Å². The highest BCUT2D eigenvalue weighted by Gasteiger charge is 2.24. The molecule has 3 heterocycles. The van der Waals surface area contributed by atoms with Gasteiger partial charge < -0.3 is 10.3 Å². The summed E-state index contributed by atoms with van der Waals surface area (Å²) in [6.45, 7) is 10.2. The maximum atomic E-state index is 4.95. The van der Waals surface area contributed by atoms with Gasteiger partial charge in [-0.05, 0) is 73.1 Å². The molecule has 1 aromatic carbocycles. The highest BCUT2D eigenvalue weighted by Crippen LogP contribution is 2.35. The van der Waals surface area contributed by atoms with Gasteiger partial charge in [-0.25, -0.2) is 4.98 Å². The maximum absolute atomic E-state index is 4.95. The van der Waals surface area contributed by atoms with E-state index in [9.17, 15) is 0 Å². The van der Waals surface area contributed by atoms with Gasteiger partial charge in [-0.15, -0.1) is 0 Å². The number of rotatable bonds is 8. The van der Waals surface area contributed by atoms with Gasteiger partial charge in [-0.3, -0.25) is 10.1 Å². The van der Waals surface area contributed by atoms with Crippen molar-refractivity contribution in [1.29, 1.82) is 0 Å². The van der Waals surface area contributed by atoms with E-state index in [-0.39, 0.29) is 0 Å². The summed E-state index contributed by atoms with van der Waals surface area (Å²) in [5.41, 5.74) is 9.91. The summed E-state index contributed by atoms with van der Waals surface area (Å²) < 4.78 is 0. The quantitative estimate of drug-likeness (QED) is 0.245. The van der Waals surface area contributed by atoms with E-state index in [4.69, 9.17) is 4.98 Å². The van der Waals surface area contributed by atoms with Gasteiger partial charge in [0.25, 0.3) is 0 Å². The molecule has 6 heteroatoms. The van der Waals surface area contributed by atoms with Crippen molar-refractivity contribution in [2.45, 2.75) is 26.2 Å². The van der Waals surface area contributed by atoms with Crippen LogP contribution in [0.2, 0.25) is 0 Å². The smallest absolute Gasteiger partial charge is 0.159 e. The molecule has 0 spiro atoms. The number of imidazole rings is 1. The second kappa shape index (κ2) is 8.96. The third kappa shape index (κ3) is 4.01. The summed E-state index contributed by atoms with van der Waals surface area (Å²) in [5.74, 6) is 1.30. The van der Waals surface area contributed by atoms with Crippen LogP contribution in [0.1, 0.15) is 37.3 Å². The number of nitrogens with one attached hydrogen (secondary N) is 3. The number of pyridine rings is 1. The molecule has 0 atom stereocenters. The lowest BCUT2D eigenvalue weighted by Crippen LogP contribution is -2.11. The van der Waals surface area contributed by atoms with Crippen LogP contribution >= 0.6 is 0 Å². The molecule has 6 rings (SSSR count). The van der Waals surface area contributed by atoms with Gasteiger partial charge in [0.1, 0.15) is 5.69 Å². The van der Waals surface area contributed by atoms with Gasteiger partial charge in [0, 0.05) is 28.5 Å². The second-order valence-corrected chi connectivity index (χ2v) is 9.27. The molecule has 178 valence electrons. The monoisotopic (exact) mass is 472 g/mol. The van der Waals surface area contributed by atoms with Crippen LogP contribution in [-0.2, 0) is 0 Å². The minimum atomic E-state index is 0.577. The van der Waals surface area contributed by atoms with E-state index in [1.165, 1.54) is 12.8 Å². The fourth-order valence-electron chi connectivity index (χ4n) is 4.65. The Morgan fingerprint density at radius 1 is 1.19 bits per heavy atom. The van der Waals surface area contributed by atoms with E-state index >= 15 is 0 Å². The Balaban J connectivity index is 1.38. The van der Waals surface area contributed by atoms with Crippen LogP contribution in [-0.4, -0.2) is 25.1 Å². The Morgan fingerprint density at radius 3 is 2.83 bits per heavy atom. The third-order valence-corrected chi connectivity index (χ3v) is 6.81. The summed E-state index contributed by atoms with van der Waals surface area (Å²) >= 11 is 0. The van der Waals surface area contributed by atoms with Crippen molar-refractivity contribution in [2.75, 3.05) is 0 Å². The molecule has 36 heavy (non-hydrogen) atoms. The third-order valence-electron chi connectivity index (χ3n) is 6.81. The molecule has 1 saturated carbocycles. The van der Waals surface area contributed by atoms with E-state index in [2.05, 4.69) is 87.2 Å². The number of benzene rings is 1. The van der Waals surface area contributed by atoms with E-state index in [0.717, 1.165) is 73.5 Å². The molecule has 0 unspecified atom stereocenters. The number of aromatic amines is 2. The summed E-state index contributed by atoms with van der Waals surface area (Å²) in [6, 6.07) is 6.32. The SMILES string of the molecule is C=C/C(=C\C(=C/C)c1ccc2[nH]nc(-c3nc4c(C5=CCC=C5)cncc4[nH]3)c2c1)NC(=C)C1CC1. The highest BCUT2D eigenvalue weighted by atomic mass is 15.1. The van der Waals surface area contributed by atoms with E-state index in [1.807, 2.05) is 25.4 Å². The normalized spacial score (nSPS) is 16.1. The molecule has 0 radical (unpaired) electrons. The van der Waals surface area contributed by atoms with Crippen molar-refractivity contribution in [3.05, 3.63) is 103 Å². The topological polar surface area (TPSA) is 82.3 Å². The van der Waals surface area contributed by atoms with Crippen LogP contribution in [0.25, 0.3) is 44.6 Å². The molecule has 6 nitrogen and oxygen atoms in total. The average molecular weight is 473 g/mol. The van der Waals surface area contributed by atoms with Crippen molar-refractivity contribution < 1.29 is 0 Å². The number of H-pyrrole nitrogens is 2. The number of aromatic nitrogens is 5. The Labute approximate surface area is 210 Å². The summed E-state index contributed by atoms with van der Waals surface area (Å²) in [7, 11) is 0. The Kier molecular flexibility index (Phi) is 5.49. The molecule has 0 aliphatic heterocycles. The number of hydrogen-bond acceptors (Lipinski definition) is 4. The van der Waals surface area contributed by atoms with Crippen molar-refractivity contribution in [2.24, 2.45) is 5.92 Å². The van der Waals surface area contributed by atoms with Crippen molar-refractivity contribution >= 4 is 33.1 Å². The summed E-state index contributed by atoms with van der Waals surface area (Å²) in [4.78, 5) is 12.8. The maximum Gasteiger partial charge on any atom is 0.159 e. The zero-order chi connectivity index (χ0) is 24.6. The van der Waals surface area contributed by atoms with Crippen molar-refractivity contribution in [1.82, 2.24) is 30.5 Å². The average Bonchev–Trinajstić information content (AvgIpc) is 3.28. The predicted octanol–water partition coefficient (Wildman–Crippen LogP) is 6.83. The van der Waals surface area contributed by atoms with Crippen LogP contribution in [0.4, 0.5) is 0 Å². The minimum Gasteiger partial charge on any atom is -0.359 e. The molecule has 3 aromatic heterocycles. The van der Waals surface area contributed by atoms with E-state index in [0.29, 0.717) is 5.92 Å². The summed E-state index contributed by atoms with van der Waals surface area (Å²) in [5, 5.41) is 12.2.